The van der Waals surface area contributed by atoms with Crippen molar-refractivity contribution in [2.24, 2.45) is 0 Å². The maximum absolute atomic E-state index is 13.1. The van der Waals surface area contributed by atoms with Crippen molar-refractivity contribution in [3.63, 3.8) is 0 Å². The average Bonchev–Trinajstić information content (AvgIpc) is 3.21. The number of carbonyl (C=O) groups excluding carboxylic acids is 2. The number of rotatable bonds is 1. The van der Waals surface area contributed by atoms with Gasteiger partial charge in [-0.3, -0.25) is 4.79 Å². The quantitative estimate of drug-likeness (QED) is 0.828. The smallest absolute Gasteiger partial charge is 0.407 e. The minimum absolute atomic E-state index is 0.0275. The largest absolute Gasteiger partial charge is 0.439 e. The van der Waals surface area contributed by atoms with Crippen molar-refractivity contribution >= 4 is 22.9 Å². The minimum Gasteiger partial charge on any atom is -0.439 e. The van der Waals surface area contributed by atoms with Gasteiger partial charge in [-0.25, -0.2) is 4.79 Å². The highest BCUT2D eigenvalue weighted by Gasteiger charge is 2.44. The van der Waals surface area contributed by atoms with Crippen LogP contribution in [0, 0.1) is 0 Å². The van der Waals surface area contributed by atoms with Crippen molar-refractivity contribution in [3.8, 4) is 0 Å². The fourth-order valence-electron chi connectivity index (χ4n) is 4.72. The van der Waals surface area contributed by atoms with E-state index in [1.807, 2.05) is 23.1 Å². The molecule has 6 nitrogen and oxygen atoms in total. The third-order valence-electron chi connectivity index (χ3n) is 6.04. The van der Waals surface area contributed by atoms with E-state index in [0.29, 0.717) is 19.6 Å². The molecule has 2 aliphatic heterocycles. The van der Waals surface area contributed by atoms with Crippen LogP contribution in [0.1, 0.15) is 47.3 Å². The van der Waals surface area contributed by atoms with E-state index in [1.165, 1.54) is 29.5 Å². The zero-order chi connectivity index (χ0) is 17.7. The van der Waals surface area contributed by atoms with Crippen LogP contribution in [0.3, 0.4) is 0 Å². The van der Waals surface area contributed by atoms with E-state index in [-0.39, 0.29) is 12.0 Å². The van der Waals surface area contributed by atoms with Crippen LogP contribution < -0.4 is 5.32 Å². The Morgan fingerprint density at radius 3 is 2.92 bits per heavy atom. The summed E-state index contributed by atoms with van der Waals surface area (Å²) < 4.78 is 5.49. The molecule has 2 fully saturated rings. The van der Waals surface area contributed by atoms with E-state index in [9.17, 15) is 9.59 Å². The maximum atomic E-state index is 13.1. The molecule has 0 bridgehead atoms. The van der Waals surface area contributed by atoms with Gasteiger partial charge in [0.05, 0.1) is 13.1 Å². The number of fused-ring (bicyclic) bond motifs is 3. The molecule has 1 spiro atoms. The molecule has 6 heteroatoms. The Kier molecular flexibility index (Phi) is 3.48. The van der Waals surface area contributed by atoms with Crippen LogP contribution in [-0.4, -0.2) is 47.1 Å². The highest BCUT2D eigenvalue weighted by Crippen LogP contribution is 2.32. The summed E-state index contributed by atoms with van der Waals surface area (Å²) in [6.45, 7) is 1.66. The highest BCUT2D eigenvalue weighted by atomic mass is 16.6. The van der Waals surface area contributed by atoms with Crippen molar-refractivity contribution in [2.75, 3.05) is 19.6 Å². The number of aryl methyl sites for hydroxylation is 2. The predicted molar refractivity (Wildman–Crippen MR) is 97.3 cm³/mol. The summed E-state index contributed by atoms with van der Waals surface area (Å²) in [7, 11) is 0. The van der Waals surface area contributed by atoms with E-state index < -0.39 is 5.60 Å². The maximum Gasteiger partial charge on any atom is 0.407 e. The van der Waals surface area contributed by atoms with Crippen LogP contribution in [0.4, 0.5) is 4.79 Å². The first-order valence-corrected chi connectivity index (χ1v) is 9.53. The predicted octanol–water partition coefficient (Wildman–Crippen LogP) is 2.76. The van der Waals surface area contributed by atoms with Crippen molar-refractivity contribution in [1.82, 2.24) is 15.2 Å². The van der Waals surface area contributed by atoms with Gasteiger partial charge in [0.2, 0.25) is 0 Å². The van der Waals surface area contributed by atoms with Crippen molar-refractivity contribution in [3.05, 3.63) is 35.0 Å². The fourth-order valence-corrected chi connectivity index (χ4v) is 4.72. The number of hydrogen-bond acceptors (Lipinski definition) is 3. The van der Waals surface area contributed by atoms with Crippen molar-refractivity contribution in [1.29, 1.82) is 0 Å². The van der Waals surface area contributed by atoms with Gasteiger partial charge in [0, 0.05) is 28.7 Å². The zero-order valence-electron chi connectivity index (χ0n) is 14.8. The number of aromatic amines is 1. The molecule has 1 aliphatic carbocycles. The number of ether oxygens (including phenoxy) is 1. The molecular formula is C20H23N3O3. The van der Waals surface area contributed by atoms with E-state index in [4.69, 9.17) is 4.74 Å². The lowest BCUT2D eigenvalue weighted by Gasteiger charge is -2.38. The molecule has 0 radical (unpaired) electrons. The monoisotopic (exact) mass is 353 g/mol. The number of likely N-dealkylation sites (tertiary alicyclic amines) is 1. The third-order valence-corrected chi connectivity index (χ3v) is 6.04. The lowest BCUT2D eigenvalue weighted by Crippen LogP contribution is -2.52. The standard InChI is InChI=1S/C20H23N3O3/c24-18(23-9-3-8-20(12-23)11-21-19(25)26-20)13-6-7-17-15(10-13)14-4-1-2-5-16(14)22-17/h6-7,10,22H,1-5,8-9,11-12H2,(H,21,25)/t20-/m0/s1. The van der Waals surface area contributed by atoms with Gasteiger partial charge in [0.1, 0.15) is 5.60 Å². The number of carbonyl (C=O) groups is 2. The Hall–Kier alpha value is -2.50. The molecule has 1 aromatic carbocycles. The molecule has 3 heterocycles. The second kappa shape index (κ2) is 5.76. The van der Waals surface area contributed by atoms with Crippen LogP contribution in [0.25, 0.3) is 10.9 Å². The summed E-state index contributed by atoms with van der Waals surface area (Å²) in [6.07, 6.45) is 5.91. The van der Waals surface area contributed by atoms with Gasteiger partial charge in [0.25, 0.3) is 5.91 Å². The van der Waals surface area contributed by atoms with E-state index in [2.05, 4.69) is 10.3 Å². The molecule has 136 valence electrons. The van der Waals surface area contributed by atoms with Crippen LogP contribution in [0.2, 0.25) is 0 Å². The molecule has 1 aromatic heterocycles. The summed E-state index contributed by atoms with van der Waals surface area (Å²) in [4.78, 5) is 29.9. The number of nitrogens with one attached hydrogen (secondary N) is 2. The zero-order valence-corrected chi connectivity index (χ0v) is 14.8. The third kappa shape index (κ3) is 2.47. The van der Waals surface area contributed by atoms with Crippen molar-refractivity contribution < 1.29 is 14.3 Å². The van der Waals surface area contributed by atoms with Gasteiger partial charge < -0.3 is 19.9 Å². The number of amides is 2. The molecule has 0 unspecified atom stereocenters. The van der Waals surface area contributed by atoms with Crippen molar-refractivity contribution in [2.45, 2.75) is 44.1 Å². The summed E-state index contributed by atoms with van der Waals surface area (Å²) >= 11 is 0. The van der Waals surface area contributed by atoms with Gasteiger partial charge in [-0.1, -0.05) is 0 Å². The van der Waals surface area contributed by atoms with E-state index in [0.717, 1.165) is 36.8 Å². The van der Waals surface area contributed by atoms with Gasteiger partial charge in [-0.05, 0) is 62.3 Å². The molecule has 2 aromatic rings. The van der Waals surface area contributed by atoms with Gasteiger partial charge in [0.15, 0.2) is 0 Å². The van der Waals surface area contributed by atoms with Crippen LogP contribution in [0.15, 0.2) is 18.2 Å². The summed E-state index contributed by atoms with van der Waals surface area (Å²) in [5, 5.41) is 3.92. The van der Waals surface area contributed by atoms with E-state index >= 15 is 0 Å². The number of H-pyrrole nitrogens is 1. The lowest BCUT2D eigenvalue weighted by atomic mass is 9.92. The Morgan fingerprint density at radius 2 is 2.08 bits per heavy atom. The van der Waals surface area contributed by atoms with Crippen LogP contribution >= 0.6 is 0 Å². The van der Waals surface area contributed by atoms with Crippen LogP contribution in [0.5, 0.6) is 0 Å². The Labute approximate surface area is 151 Å². The molecule has 26 heavy (non-hydrogen) atoms. The first kappa shape index (κ1) is 15.7. The SMILES string of the molecule is O=C1NC[C@]2(CCCN(C(=O)c3ccc4[nH]c5c(c4c3)CCCC5)C2)O1. The number of hydrogen-bond donors (Lipinski definition) is 2. The topological polar surface area (TPSA) is 74.4 Å². The molecular weight excluding hydrogens is 330 g/mol. The number of benzene rings is 1. The van der Waals surface area contributed by atoms with Crippen LogP contribution in [-0.2, 0) is 17.6 Å². The lowest BCUT2D eigenvalue weighted by molar-refractivity contribution is -0.00503. The van der Waals surface area contributed by atoms with Gasteiger partial charge in [-0.15, -0.1) is 0 Å². The molecule has 2 saturated heterocycles. The summed E-state index contributed by atoms with van der Waals surface area (Å²) in [5.41, 5.74) is 4.00. The molecule has 5 rings (SSSR count). The number of piperidine rings is 1. The average molecular weight is 353 g/mol. The molecule has 2 amide bonds. The Balaban J connectivity index is 1.44. The molecule has 0 saturated carbocycles. The summed E-state index contributed by atoms with van der Waals surface area (Å²) in [6, 6.07) is 5.98. The second-order valence-corrected chi connectivity index (χ2v) is 7.81. The fraction of sp³-hybridized carbons (Fsp3) is 0.500. The minimum atomic E-state index is -0.553. The number of nitrogens with zero attached hydrogens (tertiary/aromatic N) is 1. The van der Waals surface area contributed by atoms with Gasteiger partial charge >= 0.3 is 6.09 Å². The number of aromatic nitrogens is 1. The Morgan fingerprint density at radius 1 is 1.19 bits per heavy atom. The Bertz CT molecular complexity index is 903. The van der Waals surface area contributed by atoms with Gasteiger partial charge in [-0.2, -0.15) is 0 Å². The molecule has 3 aliphatic rings. The normalized spacial score (nSPS) is 25.2. The second-order valence-electron chi connectivity index (χ2n) is 7.81. The van der Waals surface area contributed by atoms with E-state index in [1.54, 1.807) is 0 Å². The number of alkyl carbamates (subject to hydrolysis) is 1. The highest BCUT2D eigenvalue weighted by molar-refractivity contribution is 5.99. The summed E-state index contributed by atoms with van der Waals surface area (Å²) in [5.74, 6) is 0.0275. The first-order valence-electron chi connectivity index (χ1n) is 9.53. The molecule has 2 N–H and O–H groups in total. The first-order chi connectivity index (χ1) is 12.6. The molecule has 1 atom stereocenters.